The standard InChI is InChI=1S/C25H33N3O2/c1-18-16-28(17-19(2)30-18)24-13-8-20(14-26-24)15-27-25(29)23-11-9-22(10-12-23)21-6-4-3-5-7-21/h8-14,18-19,21H,3-7,15-17H2,1-2H3,(H,27,29). The number of rotatable bonds is 5. The number of anilines is 1. The van der Waals surface area contributed by atoms with Gasteiger partial charge in [-0.1, -0.05) is 37.5 Å². The lowest BCUT2D eigenvalue weighted by atomic mass is 9.84. The smallest absolute Gasteiger partial charge is 0.251 e. The molecule has 0 bridgehead atoms. The van der Waals surface area contributed by atoms with Crippen LogP contribution >= 0.6 is 0 Å². The molecule has 1 N–H and O–H groups in total. The van der Waals surface area contributed by atoms with Crippen LogP contribution in [0.3, 0.4) is 0 Å². The van der Waals surface area contributed by atoms with Crippen molar-refractivity contribution in [3.05, 3.63) is 59.3 Å². The van der Waals surface area contributed by atoms with Gasteiger partial charge in [-0.3, -0.25) is 4.79 Å². The van der Waals surface area contributed by atoms with Crippen LogP contribution in [0.15, 0.2) is 42.6 Å². The number of ether oxygens (including phenoxy) is 1. The number of aromatic nitrogens is 1. The molecule has 1 aliphatic carbocycles. The molecule has 0 radical (unpaired) electrons. The lowest BCUT2D eigenvalue weighted by Crippen LogP contribution is -2.45. The van der Waals surface area contributed by atoms with Crippen molar-refractivity contribution in [1.82, 2.24) is 10.3 Å². The number of benzene rings is 1. The van der Waals surface area contributed by atoms with E-state index in [9.17, 15) is 4.79 Å². The molecule has 2 unspecified atom stereocenters. The van der Waals surface area contributed by atoms with Crippen LogP contribution in [0.1, 0.15) is 73.4 Å². The zero-order valence-corrected chi connectivity index (χ0v) is 18.1. The minimum atomic E-state index is -0.0369. The molecule has 1 saturated heterocycles. The molecule has 1 aromatic carbocycles. The van der Waals surface area contributed by atoms with Crippen molar-refractivity contribution >= 4 is 11.7 Å². The van der Waals surface area contributed by atoms with Gasteiger partial charge in [0, 0.05) is 31.4 Å². The second-order valence-electron chi connectivity index (χ2n) is 8.83. The van der Waals surface area contributed by atoms with E-state index in [1.807, 2.05) is 30.5 Å². The molecule has 1 aliphatic heterocycles. The Labute approximate surface area is 179 Å². The maximum atomic E-state index is 12.5. The van der Waals surface area contributed by atoms with Crippen LogP contribution in [0.25, 0.3) is 0 Å². The van der Waals surface area contributed by atoms with E-state index in [2.05, 4.69) is 41.2 Å². The predicted molar refractivity (Wildman–Crippen MR) is 120 cm³/mol. The second kappa shape index (κ2) is 9.61. The Hall–Kier alpha value is -2.40. The summed E-state index contributed by atoms with van der Waals surface area (Å²) in [7, 11) is 0. The molecule has 4 rings (SSSR count). The summed E-state index contributed by atoms with van der Waals surface area (Å²) in [4.78, 5) is 19.4. The highest BCUT2D eigenvalue weighted by Crippen LogP contribution is 2.32. The molecule has 1 amide bonds. The van der Waals surface area contributed by atoms with E-state index in [4.69, 9.17) is 4.74 Å². The van der Waals surface area contributed by atoms with E-state index in [1.54, 1.807) is 0 Å². The van der Waals surface area contributed by atoms with Gasteiger partial charge in [-0.05, 0) is 61.9 Å². The van der Waals surface area contributed by atoms with Crippen LogP contribution in [0.2, 0.25) is 0 Å². The molecule has 2 aromatic rings. The molecule has 160 valence electrons. The Morgan fingerprint density at radius 2 is 1.73 bits per heavy atom. The normalized spacial score (nSPS) is 22.7. The van der Waals surface area contributed by atoms with Crippen molar-refractivity contribution < 1.29 is 9.53 Å². The predicted octanol–water partition coefficient (Wildman–Crippen LogP) is 4.67. The molecule has 1 saturated carbocycles. The summed E-state index contributed by atoms with van der Waals surface area (Å²) in [5.74, 6) is 1.59. The summed E-state index contributed by atoms with van der Waals surface area (Å²) in [6.07, 6.45) is 8.82. The molecule has 2 atom stereocenters. The van der Waals surface area contributed by atoms with Crippen molar-refractivity contribution in [1.29, 1.82) is 0 Å². The van der Waals surface area contributed by atoms with Gasteiger partial charge >= 0.3 is 0 Å². The first-order valence-electron chi connectivity index (χ1n) is 11.3. The van der Waals surface area contributed by atoms with Gasteiger partial charge in [-0.25, -0.2) is 4.98 Å². The van der Waals surface area contributed by atoms with Gasteiger partial charge in [0.25, 0.3) is 5.91 Å². The fourth-order valence-corrected chi connectivity index (χ4v) is 4.70. The summed E-state index contributed by atoms with van der Waals surface area (Å²) >= 11 is 0. The average Bonchev–Trinajstić information content (AvgIpc) is 2.78. The monoisotopic (exact) mass is 407 g/mol. The summed E-state index contributed by atoms with van der Waals surface area (Å²) in [5, 5.41) is 3.01. The molecule has 30 heavy (non-hydrogen) atoms. The van der Waals surface area contributed by atoms with Crippen LogP contribution < -0.4 is 10.2 Å². The fraction of sp³-hybridized carbons (Fsp3) is 0.520. The number of nitrogens with zero attached hydrogens (tertiary/aromatic N) is 2. The number of morpholine rings is 1. The number of pyridine rings is 1. The van der Waals surface area contributed by atoms with E-state index >= 15 is 0 Å². The summed E-state index contributed by atoms with van der Waals surface area (Å²) in [5.41, 5.74) is 3.09. The van der Waals surface area contributed by atoms with Crippen LogP contribution in [-0.4, -0.2) is 36.2 Å². The molecule has 2 fully saturated rings. The third-order valence-electron chi connectivity index (χ3n) is 6.26. The van der Waals surface area contributed by atoms with Gasteiger partial charge in [0.2, 0.25) is 0 Å². The zero-order valence-electron chi connectivity index (χ0n) is 18.1. The van der Waals surface area contributed by atoms with Gasteiger partial charge in [-0.15, -0.1) is 0 Å². The zero-order chi connectivity index (χ0) is 20.9. The highest BCUT2D eigenvalue weighted by atomic mass is 16.5. The van der Waals surface area contributed by atoms with Gasteiger partial charge in [0.15, 0.2) is 0 Å². The lowest BCUT2D eigenvalue weighted by molar-refractivity contribution is -0.00546. The Balaban J connectivity index is 1.30. The molecule has 1 aromatic heterocycles. The number of nitrogens with one attached hydrogen (secondary N) is 1. The topological polar surface area (TPSA) is 54.5 Å². The molecule has 2 heterocycles. The largest absolute Gasteiger partial charge is 0.372 e. The van der Waals surface area contributed by atoms with E-state index in [0.717, 1.165) is 30.0 Å². The van der Waals surface area contributed by atoms with Gasteiger partial charge in [0.1, 0.15) is 5.82 Å². The van der Waals surface area contributed by atoms with Crippen molar-refractivity contribution in [2.24, 2.45) is 0 Å². The van der Waals surface area contributed by atoms with E-state index in [1.165, 1.54) is 37.7 Å². The molecule has 5 nitrogen and oxygen atoms in total. The maximum Gasteiger partial charge on any atom is 0.251 e. The quantitative estimate of drug-likeness (QED) is 0.782. The Morgan fingerprint density at radius 1 is 1.03 bits per heavy atom. The van der Waals surface area contributed by atoms with Gasteiger partial charge in [0.05, 0.1) is 12.2 Å². The van der Waals surface area contributed by atoms with Gasteiger partial charge < -0.3 is 15.0 Å². The molecule has 0 spiro atoms. The number of amides is 1. The summed E-state index contributed by atoms with van der Waals surface area (Å²) in [6.45, 7) is 6.36. The first-order chi connectivity index (χ1) is 14.6. The highest BCUT2D eigenvalue weighted by molar-refractivity contribution is 5.94. The Morgan fingerprint density at radius 3 is 2.37 bits per heavy atom. The average molecular weight is 408 g/mol. The van der Waals surface area contributed by atoms with Gasteiger partial charge in [-0.2, -0.15) is 0 Å². The molecule has 2 aliphatic rings. The first-order valence-corrected chi connectivity index (χ1v) is 11.3. The molecule has 5 heteroatoms. The number of hydrogen-bond acceptors (Lipinski definition) is 4. The summed E-state index contributed by atoms with van der Waals surface area (Å²) < 4.78 is 5.79. The van der Waals surface area contributed by atoms with Crippen molar-refractivity contribution in [2.45, 2.75) is 70.6 Å². The van der Waals surface area contributed by atoms with Crippen LogP contribution in [0, 0.1) is 0 Å². The minimum absolute atomic E-state index is 0.0369. The van der Waals surface area contributed by atoms with E-state index < -0.39 is 0 Å². The number of carbonyl (C=O) groups excluding carboxylic acids is 1. The Bertz CT molecular complexity index is 818. The fourth-order valence-electron chi connectivity index (χ4n) is 4.70. The highest BCUT2D eigenvalue weighted by Gasteiger charge is 2.23. The lowest BCUT2D eigenvalue weighted by Gasteiger charge is -2.36. The summed E-state index contributed by atoms with van der Waals surface area (Å²) in [6, 6.07) is 12.3. The van der Waals surface area contributed by atoms with E-state index in [0.29, 0.717) is 12.5 Å². The SMILES string of the molecule is CC1CN(c2ccc(CNC(=O)c3ccc(C4CCCCC4)cc3)cn2)CC(C)O1. The number of carbonyl (C=O) groups is 1. The molecular weight excluding hydrogens is 374 g/mol. The van der Waals surface area contributed by atoms with Crippen molar-refractivity contribution in [3.8, 4) is 0 Å². The first kappa shape index (κ1) is 20.9. The second-order valence-corrected chi connectivity index (χ2v) is 8.83. The van der Waals surface area contributed by atoms with Crippen LogP contribution in [-0.2, 0) is 11.3 Å². The Kier molecular flexibility index (Phi) is 6.68. The minimum Gasteiger partial charge on any atom is -0.372 e. The van der Waals surface area contributed by atoms with Crippen molar-refractivity contribution in [3.63, 3.8) is 0 Å². The maximum absolute atomic E-state index is 12.5. The van der Waals surface area contributed by atoms with Crippen molar-refractivity contribution in [2.75, 3.05) is 18.0 Å². The third kappa shape index (κ3) is 5.20. The van der Waals surface area contributed by atoms with Crippen LogP contribution in [0.5, 0.6) is 0 Å². The van der Waals surface area contributed by atoms with E-state index in [-0.39, 0.29) is 18.1 Å². The number of hydrogen-bond donors (Lipinski definition) is 1. The molecular formula is C25H33N3O2. The van der Waals surface area contributed by atoms with Crippen LogP contribution in [0.4, 0.5) is 5.82 Å². The third-order valence-corrected chi connectivity index (χ3v) is 6.26.